The number of hydrogen-bond donors (Lipinski definition) is 5. The fourth-order valence-corrected chi connectivity index (χ4v) is 1.17. The van der Waals surface area contributed by atoms with Crippen LogP contribution in [0.15, 0.2) is 12.4 Å². The summed E-state index contributed by atoms with van der Waals surface area (Å²) in [5.74, 6) is -1.62. The van der Waals surface area contributed by atoms with E-state index < -0.39 is 30.4 Å². The van der Waals surface area contributed by atoms with Gasteiger partial charge < -0.3 is 26.5 Å². The number of carbonyl (C=O) groups excluding carboxylic acids is 2. The fourth-order valence-electron chi connectivity index (χ4n) is 1.17. The summed E-state index contributed by atoms with van der Waals surface area (Å²) < 4.78 is 0. The van der Waals surface area contributed by atoms with E-state index in [4.69, 9.17) is 10.8 Å². The first-order chi connectivity index (χ1) is 8.49. The lowest BCUT2D eigenvalue weighted by Crippen LogP contribution is -2.47. The molecule has 1 aromatic rings. The van der Waals surface area contributed by atoms with E-state index >= 15 is 0 Å². The summed E-state index contributed by atoms with van der Waals surface area (Å²) >= 11 is 0. The van der Waals surface area contributed by atoms with Gasteiger partial charge in [0.1, 0.15) is 11.9 Å². The molecule has 98 valence electrons. The van der Waals surface area contributed by atoms with Crippen LogP contribution in [0.5, 0.6) is 0 Å². The Hall–Kier alpha value is -2.58. The number of aliphatic carboxylic acids is 1. The molecule has 0 saturated heterocycles. The Labute approximate surface area is 102 Å². The molecule has 1 atom stereocenters. The number of aromatic amines is 1. The van der Waals surface area contributed by atoms with Crippen LogP contribution in [0.4, 0.5) is 4.79 Å². The number of carboxylic acid groups (broad SMARTS) is 1. The van der Waals surface area contributed by atoms with Crippen molar-refractivity contribution in [2.24, 2.45) is 5.73 Å². The third-order valence-corrected chi connectivity index (χ3v) is 1.98. The zero-order valence-corrected chi connectivity index (χ0v) is 9.34. The second-order valence-corrected chi connectivity index (χ2v) is 3.42. The molecule has 1 heterocycles. The Balaban J connectivity index is 2.41. The highest BCUT2D eigenvalue weighted by Gasteiger charge is 2.21. The van der Waals surface area contributed by atoms with E-state index in [0.717, 1.165) is 0 Å². The Bertz CT molecular complexity index is 430. The van der Waals surface area contributed by atoms with Crippen molar-refractivity contribution in [2.45, 2.75) is 19.0 Å². The average Bonchev–Trinajstić information content (AvgIpc) is 2.77. The lowest BCUT2D eigenvalue weighted by atomic mass is 10.2. The Morgan fingerprint density at radius 2 is 2.22 bits per heavy atom. The Morgan fingerprint density at radius 1 is 1.50 bits per heavy atom. The number of amides is 3. The van der Waals surface area contributed by atoms with Gasteiger partial charge in [-0.05, 0) is 0 Å². The first-order valence-corrected chi connectivity index (χ1v) is 5.02. The van der Waals surface area contributed by atoms with Gasteiger partial charge in [-0.25, -0.2) is 14.6 Å². The molecule has 0 saturated carbocycles. The molecule has 0 unspecified atom stereocenters. The van der Waals surface area contributed by atoms with Crippen LogP contribution in [-0.4, -0.2) is 39.0 Å². The van der Waals surface area contributed by atoms with Gasteiger partial charge in [-0.15, -0.1) is 0 Å². The van der Waals surface area contributed by atoms with Crippen molar-refractivity contribution in [3.8, 4) is 0 Å². The normalized spacial score (nSPS) is 11.6. The van der Waals surface area contributed by atoms with Crippen molar-refractivity contribution in [3.05, 3.63) is 18.2 Å². The molecule has 3 amide bonds. The Kier molecular flexibility index (Phi) is 4.67. The monoisotopic (exact) mass is 255 g/mol. The largest absolute Gasteiger partial charge is 0.480 e. The predicted molar refractivity (Wildman–Crippen MR) is 59.2 cm³/mol. The van der Waals surface area contributed by atoms with Crippen LogP contribution in [0.3, 0.4) is 0 Å². The zero-order chi connectivity index (χ0) is 13.5. The molecule has 9 heteroatoms. The lowest BCUT2D eigenvalue weighted by Gasteiger charge is -2.13. The SMILES string of the molecule is NC(=O)C[C@@H](NC(=O)NCc1ncc[nH]1)C(=O)O. The summed E-state index contributed by atoms with van der Waals surface area (Å²) in [5.41, 5.74) is 4.87. The first-order valence-electron chi connectivity index (χ1n) is 5.02. The van der Waals surface area contributed by atoms with Crippen molar-refractivity contribution in [3.63, 3.8) is 0 Å². The van der Waals surface area contributed by atoms with Gasteiger partial charge in [0.05, 0.1) is 13.0 Å². The lowest BCUT2D eigenvalue weighted by molar-refractivity contribution is -0.140. The minimum absolute atomic E-state index is 0.113. The van der Waals surface area contributed by atoms with Crippen LogP contribution < -0.4 is 16.4 Å². The van der Waals surface area contributed by atoms with E-state index in [1.807, 2.05) is 0 Å². The molecule has 0 aliphatic heterocycles. The molecule has 1 aromatic heterocycles. The second kappa shape index (κ2) is 6.23. The zero-order valence-electron chi connectivity index (χ0n) is 9.34. The van der Waals surface area contributed by atoms with Crippen molar-refractivity contribution in [2.75, 3.05) is 0 Å². The maximum atomic E-state index is 11.4. The summed E-state index contributed by atoms with van der Waals surface area (Å²) in [6.07, 6.45) is 2.63. The number of nitrogens with two attached hydrogens (primary N) is 1. The number of primary amides is 1. The molecule has 0 aliphatic rings. The smallest absolute Gasteiger partial charge is 0.326 e. The second-order valence-electron chi connectivity index (χ2n) is 3.42. The number of aromatic nitrogens is 2. The highest BCUT2D eigenvalue weighted by molar-refractivity contribution is 5.87. The van der Waals surface area contributed by atoms with Crippen LogP contribution in [0, 0.1) is 0 Å². The third kappa shape index (κ3) is 4.51. The molecular formula is C9H13N5O4. The van der Waals surface area contributed by atoms with Crippen molar-refractivity contribution in [1.82, 2.24) is 20.6 Å². The molecular weight excluding hydrogens is 242 g/mol. The van der Waals surface area contributed by atoms with Gasteiger partial charge in [0, 0.05) is 12.4 Å². The van der Waals surface area contributed by atoms with Crippen molar-refractivity contribution < 1.29 is 19.5 Å². The van der Waals surface area contributed by atoms with E-state index in [1.54, 1.807) is 6.20 Å². The van der Waals surface area contributed by atoms with Crippen LogP contribution >= 0.6 is 0 Å². The van der Waals surface area contributed by atoms with E-state index in [9.17, 15) is 14.4 Å². The minimum atomic E-state index is -1.35. The van der Waals surface area contributed by atoms with Gasteiger partial charge in [0.2, 0.25) is 5.91 Å². The maximum Gasteiger partial charge on any atom is 0.326 e. The van der Waals surface area contributed by atoms with E-state index in [2.05, 4.69) is 20.6 Å². The van der Waals surface area contributed by atoms with Crippen molar-refractivity contribution in [1.29, 1.82) is 0 Å². The van der Waals surface area contributed by atoms with Gasteiger partial charge >= 0.3 is 12.0 Å². The van der Waals surface area contributed by atoms with E-state index in [1.165, 1.54) is 6.20 Å². The highest BCUT2D eigenvalue weighted by Crippen LogP contribution is 1.92. The number of nitrogens with zero attached hydrogens (tertiary/aromatic N) is 1. The molecule has 0 bridgehead atoms. The highest BCUT2D eigenvalue weighted by atomic mass is 16.4. The van der Waals surface area contributed by atoms with Crippen molar-refractivity contribution >= 4 is 17.9 Å². The number of imidazole rings is 1. The van der Waals surface area contributed by atoms with Crippen LogP contribution in [-0.2, 0) is 16.1 Å². The number of urea groups is 1. The standard InChI is InChI=1S/C9H13N5O4/c10-6(15)3-5(8(16)17)14-9(18)13-4-7-11-1-2-12-7/h1-2,5H,3-4H2,(H2,10,15)(H,11,12)(H,16,17)(H2,13,14,18)/t5-/m1/s1. The van der Waals surface area contributed by atoms with E-state index in [0.29, 0.717) is 5.82 Å². The molecule has 9 nitrogen and oxygen atoms in total. The fraction of sp³-hybridized carbons (Fsp3) is 0.333. The average molecular weight is 255 g/mol. The molecule has 6 N–H and O–H groups in total. The molecule has 1 rings (SSSR count). The molecule has 0 aliphatic carbocycles. The van der Waals surface area contributed by atoms with E-state index in [-0.39, 0.29) is 6.54 Å². The summed E-state index contributed by atoms with van der Waals surface area (Å²) in [7, 11) is 0. The molecule has 0 aromatic carbocycles. The van der Waals surface area contributed by atoms with Gasteiger partial charge in [-0.3, -0.25) is 4.79 Å². The summed E-state index contributed by atoms with van der Waals surface area (Å²) in [5, 5.41) is 13.3. The summed E-state index contributed by atoms with van der Waals surface area (Å²) in [6, 6.07) is -2.07. The van der Waals surface area contributed by atoms with Gasteiger partial charge in [0.15, 0.2) is 0 Å². The van der Waals surface area contributed by atoms with Gasteiger partial charge in [0.25, 0.3) is 0 Å². The van der Waals surface area contributed by atoms with Crippen LogP contribution in [0.25, 0.3) is 0 Å². The third-order valence-electron chi connectivity index (χ3n) is 1.98. The number of carbonyl (C=O) groups is 3. The number of nitrogens with one attached hydrogen (secondary N) is 3. The molecule has 0 spiro atoms. The Morgan fingerprint density at radius 3 is 2.72 bits per heavy atom. The number of H-pyrrole nitrogens is 1. The molecule has 0 radical (unpaired) electrons. The number of hydrogen-bond acceptors (Lipinski definition) is 4. The first kappa shape index (κ1) is 13.5. The molecule has 0 fully saturated rings. The predicted octanol–water partition coefficient (Wildman–Crippen LogP) is -1.46. The maximum absolute atomic E-state index is 11.4. The topological polar surface area (TPSA) is 150 Å². The van der Waals surface area contributed by atoms with Crippen LogP contribution in [0.2, 0.25) is 0 Å². The van der Waals surface area contributed by atoms with Crippen LogP contribution in [0.1, 0.15) is 12.2 Å². The summed E-state index contributed by atoms with van der Waals surface area (Å²) in [4.78, 5) is 39.3. The minimum Gasteiger partial charge on any atom is -0.480 e. The quantitative estimate of drug-likeness (QED) is 0.420. The number of carboxylic acids is 1. The number of rotatable bonds is 6. The summed E-state index contributed by atoms with van der Waals surface area (Å²) in [6.45, 7) is 0.113. The van der Waals surface area contributed by atoms with Gasteiger partial charge in [-0.2, -0.15) is 0 Å². The molecule has 18 heavy (non-hydrogen) atoms. The van der Waals surface area contributed by atoms with Gasteiger partial charge in [-0.1, -0.05) is 0 Å².